The van der Waals surface area contributed by atoms with Gasteiger partial charge in [-0.25, -0.2) is 19.7 Å². The number of rotatable bonds is 6. The first-order valence-electron chi connectivity index (χ1n) is 7.81. The van der Waals surface area contributed by atoms with Crippen LogP contribution in [0.4, 0.5) is 28.8 Å². The van der Waals surface area contributed by atoms with Crippen LogP contribution in [0, 0.1) is 10.1 Å². The number of carbonyl (C=O) groups is 1. The van der Waals surface area contributed by atoms with Gasteiger partial charge >= 0.3 is 11.7 Å². The first-order valence-corrected chi connectivity index (χ1v) is 8.60. The molecule has 0 unspecified atom stereocenters. The molecule has 0 saturated heterocycles. The van der Waals surface area contributed by atoms with Crippen LogP contribution in [0.25, 0.3) is 0 Å². The van der Waals surface area contributed by atoms with Gasteiger partial charge in [-0.05, 0) is 52.3 Å². The molecule has 2 N–H and O–H groups in total. The molecule has 2 aromatic heterocycles. The van der Waals surface area contributed by atoms with Gasteiger partial charge in [-0.1, -0.05) is 0 Å². The molecule has 2 heterocycles. The Hall–Kier alpha value is -3.60. The topological polar surface area (TPSA) is 132 Å². The van der Waals surface area contributed by atoms with Gasteiger partial charge in [0.2, 0.25) is 11.6 Å². The van der Waals surface area contributed by atoms with Crippen molar-refractivity contribution in [1.29, 1.82) is 0 Å². The normalized spacial score (nSPS) is 10.2. The molecule has 0 fully saturated rings. The number of nitrogens with zero attached hydrogens (tertiary/aromatic N) is 4. The predicted molar refractivity (Wildman–Crippen MR) is 105 cm³/mol. The van der Waals surface area contributed by atoms with Gasteiger partial charge in [-0.15, -0.1) is 0 Å². The molecule has 0 atom stereocenters. The van der Waals surface area contributed by atoms with Crippen LogP contribution >= 0.6 is 15.9 Å². The zero-order valence-electron chi connectivity index (χ0n) is 14.4. The van der Waals surface area contributed by atoms with Gasteiger partial charge < -0.3 is 15.4 Å². The van der Waals surface area contributed by atoms with Crippen LogP contribution in [-0.4, -0.2) is 33.0 Å². The number of hydrogen-bond acceptors (Lipinski definition) is 9. The van der Waals surface area contributed by atoms with Crippen molar-refractivity contribution in [3.8, 4) is 0 Å². The molecule has 3 rings (SSSR count). The number of hydrogen-bond donors (Lipinski definition) is 2. The molecule has 0 aliphatic rings. The lowest BCUT2D eigenvalue weighted by molar-refractivity contribution is -0.383. The average Bonchev–Trinajstić information content (AvgIpc) is 2.69. The second kappa shape index (κ2) is 8.39. The molecule has 1 aromatic carbocycles. The molecule has 0 aliphatic carbocycles. The predicted octanol–water partition coefficient (Wildman–Crippen LogP) is 3.82. The van der Waals surface area contributed by atoms with Crippen molar-refractivity contribution >= 4 is 50.7 Å². The van der Waals surface area contributed by atoms with Gasteiger partial charge in [0.25, 0.3) is 0 Å². The summed E-state index contributed by atoms with van der Waals surface area (Å²) in [5.41, 5.74) is 0.514. The first-order chi connectivity index (χ1) is 13.5. The van der Waals surface area contributed by atoms with E-state index in [1.165, 1.54) is 25.6 Å². The van der Waals surface area contributed by atoms with E-state index in [2.05, 4.69) is 46.3 Å². The third-order valence-corrected chi connectivity index (χ3v) is 4.02. The second-order valence-corrected chi connectivity index (χ2v) is 6.27. The molecule has 10 nitrogen and oxygen atoms in total. The molecule has 0 aliphatic heterocycles. The van der Waals surface area contributed by atoms with Crippen molar-refractivity contribution < 1.29 is 14.5 Å². The monoisotopic (exact) mass is 444 g/mol. The van der Waals surface area contributed by atoms with Crippen LogP contribution < -0.4 is 10.6 Å². The standard InChI is InChI=1S/C17H13BrN6O4/c1-28-17(25)10-2-5-12(6-3-10)22-15-14(24(26)27)16(21-9-20-15)23-13-7-4-11(18)8-19-13/h2-9H,1H3,(H2,19,20,21,22,23). The van der Waals surface area contributed by atoms with E-state index < -0.39 is 10.9 Å². The fourth-order valence-corrected chi connectivity index (χ4v) is 2.48. The third-order valence-electron chi connectivity index (χ3n) is 3.55. The van der Waals surface area contributed by atoms with E-state index in [0.717, 1.165) is 4.47 Å². The minimum atomic E-state index is -0.591. The Kier molecular flexibility index (Phi) is 5.75. The van der Waals surface area contributed by atoms with E-state index in [4.69, 9.17) is 0 Å². The van der Waals surface area contributed by atoms with Crippen molar-refractivity contribution in [3.63, 3.8) is 0 Å². The Morgan fingerprint density at radius 1 is 1.07 bits per heavy atom. The largest absolute Gasteiger partial charge is 0.465 e. The summed E-state index contributed by atoms with van der Waals surface area (Å²) >= 11 is 3.27. The number of nitro groups is 1. The number of methoxy groups -OCH3 is 1. The highest BCUT2D eigenvalue weighted by molar-refractivity contribution is 9.10. The van der Waals surface area contributed by atoms with Crippen molar-refractivity contribution in [2.24, 2.45) is 0 Å². The van der Waals surface area contributed by atoms with E-state index in [1.54, 1.807) is 30.5 Å². The summed E-state index contributed by atoms with van der Waals surface area (Å²) in [6.45, 7) is 0. The molecule has 0 spiro atoms. The Bertz CT molecular complexity index is 1010. The molecule has 3 aromatic rings. The lowest BCUT2D eigenvalue weighted by Crippen LogP contribution is -2.06. The second-order valence-electron chi connectivity index (χ2n) is 5.36. The van der Waals surface area contributed by atoms with E-state index in [9.17, 15) is 14.9 Å². The number of esters is 1. The Labute approximate surface area is 167 Å². The number of anilines is 4. The zero-order chi connectivity index (χ0) is 20.1. The number of benzene rings is 1. The summed E-state index contributed by atoms with van der Waals surface area (Å²) in [5.74, 6) is -0.111. The number of ether oxygens (including phenoxy) is 1. The number of aromatic nitrogens is 3. The Morgan fingerprint density at radius 3 is 2.32 bits per heavy atom. The molecular formula is C17H13BrN6O4. The average molecular weight is 445 g/mol. The minimum absolute atomic E-state index is 0.00886. The first kappa shape index (κ1) is 19.2. The van der Waals surface area contributed by atoms with Gasteiger partial charge in [0, 0.05) is 16.4 Å². The number of carbonyl (C=O) groups excluding carboxylic acids is 1. The highest BCUT2D eigenvalue weighted by Crippen LogP contribution is 2.32. The zero-order valence-corrected chi connectivity index (χ0v) is 16.0. The molecule has 0 radical (unpaired) electrons. The van der Waals surface area contributed by atoms with Crippen LogP contribution in [0.15, 0.2) is 53.4 Å². The van der Waals surface area contributed by atoms with E-state index in [0.29, 0.717) is 17.1 Å². The molecule has 0 amide bonds. The lowest BCUT2D eigenvalue weighted by Gasteiger charge is -2.10. The van der Waals surface area contributed by atoms with E-state index >= 15 is 0 Å². The van der Waals surface area contributed by atoms with Crippen LogP contribution in [0.2, 0.25) is 0 Å². The van der Waals surface area contributed by atoms with Crippen molar-refractivity contribution in [2.75, 3.05) is 17.7 Å². The van der Waals surface area contributed by atoms with Crippen LogP contribution in [-0.2, 0) is 4.74 Å². The molecule has 28 heavy (non-hydrogen) atoms. The number of halogens is 1. The third kappa shape index (κ3) is 4.38. The quantitative estimate of drug-likeness (QED) is 0.330. The highest BCUT2D eigenvalue weighted by Gasteiger charge is 2.23. The molecule has 11 heteroatoms. The summed E-state index contributed by atoms with van der Waals surface area (Å²) in [7, 11) is 1.29. The lowest BCUT2D eigenvalue weighted by atomic mass is 10.2. The van der Waals surface area contributed by atoms with Crippen molar-refractivity contribution in [3.05, 3.63) is 69.1 Å². The van der Waals surface area contributed by atoms with Crippen LogP contribution in [0.5, 0.6) is 0 Å². The summed E-state index contributed by atoms with van der Waals surface area (Å²) in [5, 5.41) is 17.3. The molecule has 0 bridgehead atoms. The van der Waals surface area contributed by atoms with Crippen molar-refractivity contribution in [2.45, 2.75) is 0 Å². The molecule has 142 valence electrons. The fraction of sp³-hybridized carbons (Fsp3) is 0.0588. The maximum Gasteiger partial charge on any atom is 0.353 e. The smallest absolute Gasteiger partial charge is 0.353 e. The number of nitrogens with one attached hydrogen (secondary N) is 2. The van der Waals surface area contributed by atoms with Gasteiger partial charge in [0.05, 0.1) is 17.6 Å². The summed E-state index contributed by atoms with van der Waals surface area (Å²) in [4.78, 5) is 34.6. The van der Waals surface area contributed by atoms with E-state index in [-0.39, 0.29) is 17.3 Å². The van der Waals surface area contributed by atoms with Gasteiger partial charge in [0.15, 0.2) is 0 Å². The summed E-state index contributed by atoms with van der Waals surface area (Å²) in [6, 6.07) is 9.63. The highest BCUT2D eigenvalue weighted by atomic mass is 79.9. The fourth-order valence-electron chi connectivity index (χ4n) is 2.25. The van der Waals surface area contributed by atoms with Crippen molar-refractivity contribution in [1.82, 2.24) is 15.0 Å². The maximum absolute atomic E-state index is 11.6. The van der Waals surface area contributed by atoms with E-state index in [1.807, 2.05) is 0 Å². The Morgan fingerprint density at radius 2 is 1.75 bits per heavy atom. The summed E-state index contributed by atoms with van der Waals surface area (Å²) in [6.07, 6.45) is 2.75. The minimum Gasteiger partial charge on any atom is -0.465 e. The number of pyridine rings is 1. The SMILES string of the molecule is COC(=O)c1ccc(Nc2ncnc(Nc3ccc(Br)cn3)c2[N+](=O)[O-])cc1. The maximum atomic E-state index is 11.6. The summed E-state index contributed by atoms with van der Waals surface area (Å²) < 4.78 is 5.41. The van der Waals surface area contributed by atoms with Gasteiger partial charge in [-0.3, -0.25) is 10.1 Å². The Balaban J connectivity index is 1.89. The van der Waals surface area contributed by atoms with Crippen LogP contribution in [0.3, 0.4) is 0 Å². The van der Waals surface area contributed by atoms with Gasteiger partial charge in [0.1, 0.15) is 12.1 Å². The molecular weight excluding hydrogens is 432 g/mol. The van der Waals surface area contributed by atoms with Crippen LogP contribution in [0.1, 0.15) is 10.4 Å². The molecule has 0 saturated carbocycles. The van der Waals surface area contributed by atoms with Gasteiger partial charge in [-0.2, -0.15) is 0 Å².